The van der Waals surface area contributed by atoms with Gasteiger partial charge in [-0.1, -0.05) is 50.6 Å². The molecule has 1 fully saturated rings. The fraction of sp³-hybridized carbons (Fsp3) is 0.824. The van der Waals surface area contributed by atoms with Crippen molar-refractivity contribution in [2.45, 2.75) is 78.3 Å². The van der Waals surface area contributed by atoms with Crippen LogP contribution in [0.25, 0.3) is 0 Å². The van der Waals surface area contributed by atoms with Gasteiger partial charge in [-0.2, -0.15) is 5.10 Å². The van der Waals surface area contributed by atoms with Gasteiger partial charge in [-0.05, 0) is 32.7 Å². The zero-order valence-corrected chi connectivity index (χ0v) is 14.5. The van der Waals surface area contributed by atoms with E-state index in [9.17, 15) is 0 Å². The third kappa shape index (κ3) is 4.46. The molecule has 0 saturated heterocycles. The quantitative estimate of drug-likeness (QED) is 0.811. The molecule has 0 radical (unpaired) electrons. The molecule has 1 unspecified atom stereocenters. The molecule has 1 saturated carbocycles. The Morgan fingerprint density at radius 1 is 1.29 bits per heavy atom. The summed E-state index contributed by atoms with van der Waals surface area (Å²) in [6, 6.07) is 0.525. The van der Waals surface area contributed by atoms with Crippen LogP contribution in [0.1, 0.15) is 63.8 Å². The fourth-order valence-electron chi connectivity index (χ4n) is 3.65. The lowest BCUT2D eigenvalue weighted by molar-refractivity contribution is 0.296. The Morgan fingerprint density at radius 3 is 2.62 bits per heavy atom. The Labute approximate surface area is 134 Å². The van der Waals surface area contributed by atoms with Crippen LogP contribution in [0.4, 0.5) is 0 Å². The molecule has 3 nitrogen and oxygen atoms in total. The molecule has 1 aliphatic rings. The van der Waals surface area contributed by atoms with Gasteiger partial charge in [0.15, 0.2) is 0 Å². The number of nitrogens with zero attached hydrogens (tertiary/aromatic N) is 2. The predicted octanol–water partition coefficient (Wildman–Crippen LogP) is 4.36. The molecule has 0 amide bonds. The number of aromatic nitrogens is 2. The predicted molar refractivity (Wildman–Crippen MR) is 90.0 cm³/mol. The Morgan fingerprint density at radius 2 is 2.00 bits per heavy atom. The van der Waals surface area contributed by atoms with Crippen molar-refractivity contribution in [2.75, 3.05) is 6.54 Å². The smallest absolute Gasteiger partial charge is 0.0847 e. The summed E-state index contributed by atoms with van der Waals surface area (Å²) >= 11 is 6.47. The summed E-state index contributed by atoms with van der Waals surface area (Å²) in [6.45, 7) is 8.24. The summed E-state index contributed by atoms with van der Waals surface area (Å²) in [6.07, 6.45) is 9.34. The molecule has 4 heteroatoms. The number of hydrogen-bond acceptors (Lipinski definition) is 2. The summed E-state index contributed by atoms with van der Waals surface area (Å²) in [5.74, 6) is 0.890. The number of halogens is 1. The molecule has 0 aliphatic heterocycles. The van der Waals surface area contributed by atoms with Crippen molar-refractivity contribution in [1.29, 1.82) is 0 Å². The molecule has 1 heterocycles. The van der Waals surface area contributed by atoms with Gasteiger partial charge in [0.25, 0.3) is 0 Å². The molecule has 1 atom stereocenters. The third-order valence-corrected chi connectivity index (χ3v) is 5.22. The maximum atomic E-state index is 6.47. The van der Waals surface area contributed by atoms with Gasteiger partial charge in [0, 0.05) is 19.0 Å². The topological polar surface area (TPSA) is 29.9 Å². The molecule has 1 aliphatic carbocycles. The molecule has 1 aromatic rings. The van der Waals surface area contributed by atoms with Crippen LogP contribution in [-0.2, 0) is 13.0 Å². The molecule has 0 aromatic carbocycles. The van der Waals surface area contributed by atoms with Crippen LogP contribution in [0.3, 0.4) is 0 Å². The lowest BCUT2D eigenvalue weighted by Gasteiger charge is -2.27. The summed E-state index contributed by atoms with van der Waals surface area (Å²) in [5.41, 5.74) is 2.17. The van der Waals surface area contributed by atoms with Gasteiger partial charge in [-0.25, -0.2) is 0 Å². The monoisotopic (exact) mass is 311 g/mol. The van der Waals surface area contributed by atoms with Crippen LogP contribution in [-0.4, -0.2) is 22.4 Å². The van der Waals surface area contributed by atoms with E-state index in [1.165, 1.54) is 44.2 Å². The van der Waals surface area contributed by atoms with E-state index in [2.05, 4.69) is 28.9 Å². The normalized spacial score (nSPS) is 18.1. The van der Waals surface area contributed by atoms with Gasteiger partial charge < -0.3 is 5.32 Å². The maximum absolute atomic E-state index is 6.47. The van der Waals surface area contributed by atoms with Gasteiger partial charge in [0.2, 0.25) is 0 Å². The second kappa shape index (κ2) is 8.19. The third-order valence-electron chi connectivity index (χ3n) is 4.73. The van der Waals surface area contributed by atoms with E-state index in [-0.39, 0.29) is 0 Å². The second-order valence-electron chi connectivity index (χ2n) is 6.36. The first-order chi connectivity index (χ1) is 10.2. The average molecular weight is 312 g/mol. The highest BCUT2D eigenvalue weighted by Gasteiger charge is 2.22. The van der Waals surface area contributed by atoms with E-state index in [0.29, 0.717) is 6.04 Å². The minimum Gasteiger partial charge on any atom is -0.314 e. The van der Waals surface area contributed by atoms with Crippen LogP contribution in [0.15, 0.2) is 0 Å². The van der Waals surface area contributed by atoms with Crippen molar-refractivity contribution in [3.05, 3.63) is 16.4 Å². The van der Waals surface area contributed by atoms with Gasteiger partial charge in [-0.3, -0.25) is 4.68 Å². The molecule has 0 bridgehead atoms. The van der Waals surface area contributed by atoms with Crippen molar-refractivity contribution < 1.29 is 0 Å². The zero-order chi connectivity index (χ0) is 15.2. The Hall–Kier alpha value is -0.540. The van der Waals surface area contributed by atoms with Crippen LogP contribution in [0.5, 0.6) is 0 Å². The van der Waals surface area contributed by atoms with E-state index in [1.807, 2.05) is 6.92 Å². The standard InChI is InChI=1S/C17H30ClN3/c1-4-19-15(11-14-9-7-6-8-10-14)12-16-17(18)13(3)20-21(16)5-2/h14-15,19H,4-12H2,1-3H3. The van der Waals surface area contributed by atoms with E-state index >= 15 is 0 Å². The van der Waals surface area contributed by atoms with Crippen molar-refractivity contribution >= 4 is 11.6 Å². The van der Waals surface area contributed by atoms with Crippen LogP contribution >= 0.6 is 11.6 Å². The van der Waals surface area contributed by atoms with Gasteiger partial charge in [0.1, 0.15) is 0 Å². The van der Waals surface area contributed by atoms with E-state index in [4.69, 9.17) is 11.6 Å². The molecular weight excluding hydrogens is 282 g/mol. The summed E-state index contributed by atoms with van der Waals surface area (Å²) < 4.78 is 2.07. The van der Waals surface area contributed by atoms with Crippen LogP contribution in [0, 0.1) is 12.8 Å². The van der Waals surface area contributed by atoms with Crippen LogP contribution in [0.2, 0.25) is 5.02 Å². The number of hydrogen-bond donors (Lipinski definition) is 1. The first-order valence-electron chi connectivity index (χ1n) is 8.60. The molecule has 0 spiro atoms. The largest absolute Gasteiger partial charge is 0.314 e. The van der Waals surface area contributed by atoms with Crippen molar-refractivity contribution in [3.8, 4) is 0 Å². The molecule has 1 aromatic heterocycles. The number of aryl methyl sites for hydroxylation is 2. The van der Waals surface area contributed by atoms with Gasteiger partial charge >= 0.3 is 0 Å². The molecule has 21 heavy (non-hydrogen) atoms. The Bertz CT molecular complexity index is 435. The van der Waals surface area contributed by atoms with E-state index in [1.54, 1.807) is 0 Å². The first-order valence-corrected chi connectivity index (χ1v) is 8.98. The zero-order valence-electron chi connectivity index (χ0n) is 13.8. The van der Waals surface area contributed by atoms with Crippen molar-refractivity contribution in [1.82, 2.24) is 15.1 Å². The Balaban J connectivity index is 2.04. The highest BCUT2D eigenvalue weighted by atomic mass is 35.5. The fourth-order valence-corrected chi connectivity index (χ4v) is 3.86. The second-order valence-corrected chi connectivity index (χ2v) is 6.74. The lowest BCUT2D eigenvalue weighted by Crippen LogP contribution is -2.34. The van der Waals surface area contributed by atoms with Gasteiger partial charge in [0.05, 0.1) is 16.4 Å². The molecule has 2 rings (SSSR count). The van der Waals surface area contributed by atoms with Crippen molar-refractivity contribution in [2.24, 2.45) is 5.92 Å². The SMILES string of the molecule is CCNC(Cc1c(Cl)c(C)nn1CC)CC1CCCCC1. The Kier molecular flexibility index (Phi) is 6.56. The molecular formula is C17H30ClN3. The van der Waals surface area contributed by atoms with E-state index in [0.717, 1.165) is 36.1 Å². The minimum absolute atomic E-state index is 0.525. The number of nitrogens with one attached hydrogen (secondary N) is 1. The number of likely N-dealkylation sites (N-methyl/N-ethyl adjacent to an activating group) is 1. The molecule has 1 N–H and O–H groups in total. The highest BCUT2D eigenvalue weighted by molar-refractivity contribution is 6.31. The highest BCUT2D eigenvalue weighted by Crippen LogP contribution is 2.29. The summed E-state index contributed by atoms with van der Waals surface area (Å²) in [5, 5.41) is 9.08. The van der Waals surface area contributed by atoms with Gasteiger partial charge in [-0.15, -0.1) is 0 Å². The summed E-state index contributed by atoms with van der Waals surface area (Å²) in [7, 11) is 0. The van der Waals surface area contributed by atoms with Crippen molar-refractivity contribution in [3.63, 3.8) is 0 Å². The molecule has 120 valence electrons. The average Bonchev–Trinajstić information content (AvgIpc) is 2.76. The number of rotatable bonds is 7. The maximum Gasteiger partial charge on any atom is 0.0847 e. The first kappa shape index (κ1) is 16.8. The van der Waals surface area contributed by atoms with Crippen LogP contribution < -0.4 is 5.32 Å². The lowest BCUT2D eigenvalue weighted by atomic mass is 9.84. The summed E-state index contributed by atoms with van der Waals surface area (Å²) in [4.78, 5) is 0. The minimum atomic E-state index is 0.525. The van der Waals surface area contributed by atoms with E-state index < -0.39 is 0 Å².